The molecule has 10 rings (SSSR count). The Kier molecular flexibility index (Phi) is 7.54. The molecular weight excluding hydrogens is 641 g/mol. The molecule has 0 N–H and O–H groups in total. The zero-order valence-electron chi connectivity index (χ0n) is 29.7. The van der Waals surface area contributed by atoms with Crippen molar-refractivity contribution in [2.45, 2.75) is 19.3 Å². The van der Waals surface area contributed by atoms with Gasteiger partial charge in [-0.3, -0.25) is 0 Å². The lowest BCUT2D eigenvalue weighted by atomic mass is 9.85. The molecule has 1 heterocycles. The molecule has 2 heteroatoms. The summed E-state index contributed by atoms with van der Waals surface area (Å²) in [5.41, 5.74) is 13.5. The largest absolute Gasteiger partial charge is 0.313 e. The summed E-state index contributed by atoms with van der Waals surface area (Å²) in [6.45, 7) is 2.35. The number of hydrogen-bond donors (Lipinski definition) is 0. The van der Waals surface area contributed by atoms with Gasteiger partial charge in [-0.25, -0.2) is 0 Å². The molecule has 0 bridgehead atoms. The van der Waals surface area contributed by atoms with Crippen molar-refractivity contribution in [3.05, 3.63) is 199 Å². The summed E-state index contributed by atoms with van der Waals surface area (Å²) in [6.07, 6.45) is 5.72. The summed E-state index contributed by atoms with van der Waals surface area (Å²) in [6, 6.07) is 66.3. The molecule has 0 radical (unpaired) electrons. The second-order valence-electron chi connectivity index (χ2n) is 14.1. The summed E-state index contributed by atoms with van der Waals surface area (Å²) in [4.78, 5) is 2.42. The number of allylic oxidation sites excluding steroid dienone is 1. The Labute approximate surface area is 310 Å². The first kappa shape index (κ1) is 31.1. The maximum absolute atomic E-state index is 2.48. The quantitative estimate of drug-likeness (QED) is 0.159. The topological polar surface area (TPSA) is 8.17 Å². The first-order chi connectivity index (χ1) is 26.2. The minimum Gasteiger partial charge on any atom is -0.313 e. The van der Waals surface area contributed by atoms with Gasteiger partial charge in [0, 0.05) is 45.3 Å². The maximum Gasteiger partial charge on any atom is 0.0539 e. The highest BCUT2D eigenvalue weighted by Crippen LogP contribution is 2.47. The van der Waals surface area contributed by atoms with E-state index in [0.29, 0.717) is 5.92 Å². The molecule has 53 heavy (non-hydrogen) atoms. The normalized spacial score (nSPS) is 13.8. The van der Waals surface area contributed by atoms with Crippen LogP contribution in [0.15, 0.2) is 188 Å². The van der Waals surface area contributed by atoms with Crippen LogP contribution in [-0.4, -0.2) is 4.57 Å². The SMILES string of the molecule is CC1CC=Cc2c1n(-c1ccccc1)c1ccc(N(c3ccccc3)c3ccc4c(-c5ccccc5)c5ccccc5c(-c5ccccc5)c4c3)cc21. The first-order valence-electron chi connectivity index (χ1n) is 18.6. The molecule has 2 nitrogen and oxygen atoms in total. The Morgan fingerprint density at radius 2 is 0.981 bits per heavy atom. The molecule has 1 aliphatic carbocycles. The van der Waals surface area contributed by atoms with Crippen molar-refractivity contribution in [2.75, 3.05) is 4.90 Å². The van der Waals surface area contributed by atoms with E-state index in [4.69, 9.17) is 0 Å². The lowest BCUT2D eigenvalue weighted by Gasteiger charge is -2.27. The smallest absolute Gasteiger partial charge is 0.0539 e. The summed E-state index contributed by atoms with van der Waals surface area (Å²) < 4.78 is 2.48. The molecule has 1 aliphatic rings. The Morgan fingerprint density at radius 3 is 1.62 bits per heavy atom. The van der Waals surface area contributed by atoms with Gasteiger partial charge in [0.15, 0.2) is 0 Å². The average molecular weight is 679 g/mol. The summed E-state index contributed by atoms with van der Waals surface area (Å²) in [5.74, 6) is 0.418. The Morgan fingerprint density at radius 1 is 0.472 bits per heavy atom. The molecule has 1 unspecified atom stereocenters. The minimum atomic E-state index is 0.418. The fraction of sp³-hybridized carbons (Fsp3) is 0.0588. The third-order valence-electron chi connectivity index (χ3n) is 10.9. The Bertz CT molecular complexity index is 2800. The van der Waals surface area contributed by atoms with Crippen molar-refractivity contribution < 1.29 is 0 Å². The highest BCUT2D eigenvalue weighted by Gasteiger charge is 2.25. The standard InChI is InChI=1S/C51H38N2/c1-35-17-16-28-45-46-33-41(30-32-48(46)53(51(35)45)39-24-12-5-13-25-39)52(38-22-10-4-11-23-38)40-29-31-44-47(34-40)50(37-20-8-3-9-21-37)43-27-15-14-26-42(43)49(44)36-18-6-2-7-19-36/h2-16,18-35H,17H2,1H3. The van der Waals surface area contributed by atoms with Gasteiger partial charge in [-0.05, 0) is 105 Å². The highest BCUT2D eigenvalue weighted by molar-refractivity contribution is 6.22. The van der Waals surface area contributed by atoms with Gasteiger partial charge in [0.2, 0.25) is 0 Å². The monoisotopic (exact) mass is 678 g/mol. The molecule has 0 saturated heterocycles. The van der Waals surface area contributed by atoms with Crippen LogP contribution in [0.5, 0.6) is 0 Å². The van der Waals surface area contributed by atoms with Gasteiger partial charge in [0.1, 0.15) is 0 Å². The van der Waals surface area contributed by atoms with Crippen LogP contribution >= 0.6 is 0 Å². The van der Waals surface area contributed by atoms with Gasteiger partial charge >= 0.3 is 0 Å². The number of anilines is 3. The van der Waals surface area contributed by atoms with Crippen molar-refractivity contribution >= 4 is 55.6 Å². The van der Waals surface area contributed by atoms with Crippen LogP contribution in [-0.2, 0) is 0 Å². The van der Waals surface area contributed by atoms with E-state index < -0.39 is 0 Å². The molecule has 0 saturated carbocycles. The van der Waals surface area contributed by atoms with Crippen molar-refractivity contribution in [3.63, 3.8) is 0 Å². The number of para-hydroxylation sites is 2. The lowest BCUT2D eigenvalue weighted by molar-refractivity contribution is 0.723. The number of fused-ring (bicyclic) bond motifs is 5. The molecule has 9 aromatic rings. The Hall–Kier alpha value is -6.64. The molecule has 8 aromatic carbocycles. The number of rotatable bonds is 6. The fourth-order valence-corrected chi connectivity index (χ4v) is 8.64. The average Bonchev–Trinajstić information content (AvgIpc) is 3.56. The van der Waals surface area contributed by atoms with E-state index in [-0.39, 0.29) is 0 Å². The van der Waals surface area contributed by atoms with Crippen LogP contribution in [0, 0.1) is 0 Å². The van der Waals surface area contributed by atoms with E-state index in [2.05, 4.69) is 211 Å². The van der Waals surface area contributed by atoms with E-state index in [1.165, 1.54) is 71.6 Å². The molecule has 0 fully saturated rings. The molecule has 252 valence electrons. The van der Waals surface area contributed by atoms with E-state index in [9.17, 15) is 0 Å². The van der Waals surface area contributed by atoms with E-state index in [1.54, 1.807) is 0 Å². The van der Waals surface area contributed by atoms with Crippen LogP contribution in [0.1, 0.15) is 30.5 Å². The second kappa shape index (κ2) is 12.8. The minimum absolute atomic E-state index is 0.418. The third-order valence-corrected chi connectivity index (χ3v) is 10.9. The van der Waals surface area contributed by atoms with Crippen LogP contribution in [0.3, 0.4) is 0 Å². The number of nitrogens with zero attached hydrogens (tertiary/aromatic N) is 2. The number of benzene rings is 8. The van der Waals surface area contributed by atoms with E-state index >= 15 is 0 Å². The van der Waals surface area contributed by atoms with Crippen molar-refractivity contribution in [3.8, 4) is 27.9 Å². The lowest BCUT2D eigenvalue weighted by Crippen LogP contribution is -2.10. The van der Waals surface area contributed by atoms with Crippen LogP contribution in [0.4, 0.5) is 17.1 Å². The van der Waals surface area contributed by atoms with E-state index in [1.807, 2.05) is 0 Å². The van der Waals surface area contributed by atoms with Gasteiger partial charge in [0.05, 0.1) is 5.52 Å². The van der Waals surface area contributed by atoms with Gasteiger partial charge < -0.3 is 9.47 Å². The predicted octanol–water partition coefficient (Wildman–Crippen LogP) is 14.3. The highest BCUT2D eigenvalue weighted by atomic mass is 15.1. The predicted molar refractivity (Wildman–Crippen MR) is 226 cm³/mol. The van der Waals surface area contributed by atoms with Gasteiger partial charge in [-0.15, -0.1) is 0 Å². The number of hydrogen-bond acceptors (Lipinski definition) is 1. The molecule has 1 aromatic heterocycles. The summed E-state index contributed by atoms with van der Waals surface area (Å²) in [5, 5.41) is 6.27. The molecule has 0 amide bonds. The van der Waals surface area contributed by atoms with Crippen molar-refractivity contribution in [1.82, 2.24) is 4.57 Å². The second-order valence-corrected chi connectivity index (χ2v) is 14.1. The molecule has 0 spiro atoms. The third kappa shape index (κ3) is 5.18. The first-order valence-corrected chi connectivity index (χ1v) is 18.6. The Balaban J connectivity index is 1.26. The van der Waals surface area contributed by atoms with Crippen molar-refractivity contribution in [2.24, 2.45) is 0 Å². The zero-order chi connectivity index (χ0) is 35.3. The molecule has 1 atom stereocenters. The van der Waals surface area contributed by atoms with Gasteiger partial charge in [-0.2, -0.15) is 0 Å². The summed E-state index contributed by atoms with van der Waals surface area (Å²) >= 11 is 0. The van der Waals surface area contributed by atoms with E-state index in [0.717, 1.165) is 23.5 Å². The van der Waals surface area contributed by atoms with Crippen LogP contribution in [0.2, 0.25) is 0 Å². The molecular formula is C51H38N2. The van der Waals surface area contributed by atoms with Gasteiger partial charge in [-0.1, -0.05) is 146 Å². The fourth-order valence-electron chi connectivity index (χ4n) is 8.64. The van der Waals surface area contributed by atoms with Crippen LogP contribution < -0.4 is 4.90 Å². The maximum atomic E-state index is 2.48. The summed E-state index contributed by atoms with van der Waals surface area (Å²) in [7, 11) is 0. The van der Waals surface area contributed by atoms with Crippen LogP contribution in [0.25, 0.3) is 66.5 Å². The number of aromatic nitrogens is 1. The van der Waals surface area contributed by atoms with Gasteiger partial charge in [0.25, 0.3) is 0 Å². The van der Waals surface area contributed by atoms with Crippen molar-refractivity contribution in [1.29, 1.82) is 0 Å². The zero-order valence-corrected chi connectivity index (χ0v) is 29.7. The molecule has 0 aliphatic heterocycles.